The SMILES string of the molecule is Cc1ccccc1N1CC2CC1CN2CC(N)=O. The highest BCUT2D eigenvalue weighted by atomic mass is 16.1. The van der Waals surface area contributed by atoms with Crippen molar-refractivity contribution in [1.29, 1.82) is 0 Å². The molecule has 2 aliphatic rings. The first-order chi connectivity index (χ1) is 8.65. The molecule has 2 fully saturated rings. The van der Waals surface area contributed by atoms with Gasteiger partial charge in [0.2, 0.25) is 5.91 Å². The second kappa shape index (κ2) is 4.28. The Balaban J connectivity index is 1.74. The maximum absolute atomic E-state index is 11.0. The predicted octanol–water partition coefficient (Wildman–Crippen LogP) is 0.743. The number of primary amides is 1. The number of para-hydroxylation sites is 1. The van der Waals surface area contributed by atoms with E-state index in [9.17, 15) is 4.79 Å². The normalized spacial score (nSPS) is 26.8. The number of likely N-dealkylation sites (tertiary alicyclic amines) is 1. The fourth-order valence-electron chi connectivity index (χ4n) is 3.32. The van der Waals surface area contributed by atoms with Crippen LogP contribution in [0, 0.1) is 6.92 Å². The van der Waals surface area contributed by atoms with E-state index in [0.29, 0.717) is 18.6 Å². The number of carbonyl (C=O) groups is 1. The molecule has 3 rings (SSSR count). The zero-order valence-corrected chi connectivity index (χ0v) is 10.7. The third kappa shape index (κ3) is 1.86. The Morgan fingerprint density at radius 3 is 2.72 bits per heavy atom. The summed E-state index contributed by atoms with van der Waals surface area (Å²) in [6.07, 6.45) is 1.15. The van der Waals surface area contributed by atoms with Gasteiger partial charge in [-0.3, -0.25) is 9.69 Å². The highest BCUT2D eigenvalue weighted by Crippen LogP contribution is 2.35. The minimum absolute atomic E-state index is 0.218. The summed E-state index contributed by atoms with van der Waals surface area (Å²) in [5, 5.41) is 0. The van der Waals surface area contributed by atoms with Gasteiger partial charge in [0.15, 0.2) is 0 Å². The van der Waals surface area contributed by atoms with Crippen molar-refractivity contribution in [3.63, 3.8) is 0 Å². The number of fused-ring (bicyclic) bond motifs is 2. The number of carbonyl (C=O) groups excluding carboxylic acids is 1. The lowest BCUT2D eigenvalue weighted by Crippen LogP contribution is -2.49. The third-order valence-electron chi connectivity index (χ3n) is 4.14. The lowest BCUT2D eigenvalue weighted by Gasteiger charge is -2.35. The maximum atomic E-state index is 11.0. The molecule has 0 spiro atoms. The summed E-state index contributed by atoms with van der Waals surface area (Å²) in [6, 6.07) is 9.54. The number of amides is 1. The first-order valence-electron chi connectivity index (χ1n) is 6.50. The number of rotatable bonds is 3. The summed E-state index contributed by atoms with van der Waals surface area (Å²) in [5.41, 5.74) is 7.94. The number of piperazine rings is 1. The van der Waals surface area contributed by atoms with Crippen molar-refractivity contribution in [2.45, 2.75) is 25.4 Å². The second-order valence-corrected chi connectivity index (χ2v) is 5.38. The largest absolute Gasteiger partial charge is 0.369 e. The van der Waals surface area contributed by atoms with Crippen LogP contribution in [0.5, 0.6) is 0 Å². The van der Waals surface area contributed by atoms with Crippen LogP contribution in [-0.2, 0) is 4.79 Å². The first kappa shape index (κ1) is 11.5. The molecule has 18 heavy (non-hydrogen) atoms. The van der Waals surface area contributed by atoms with Gasteiger partial charge in [0.25, 0.3) is 0 Å². The Morgan fingerprint density at radius 2 is 2.11 bits per heavy atom. The van der Waals surface area contributed by atoms with Gasteiger partial charge in [0.05, 0.1) is 6.54 Å². The summed E-state index contributed by atoms with van der Waals surface area (Å²) in [4.78, 5) is 15.7. The van der Waals surface area contributed by atoms with E-state index in [-0.39, 0.29) is 5.91 Å². The topological polar surface area (TPSA) is 49.6 Å². The fraction of sp³-hybridized carbons (Fsp3) is 0.500. The van der Waals surface area contributed by atoms with Crippen LogP contribution in [0.1, 0.15) is 12.0 Å². The molecule has 4 heteroatoms. The molecule has 2 heterocycles. The molecule has 2 atom stereocenters. The average Bonchev–Trinajstić information content (AvgIpc) is 2.88. The predicted molar refractivity (Wildman–Crippen MR) is 71.5 cm³/mol. The van der Waals surface area contributed by atoms with Crippen molar-refractivity contribution in [3.05, 3.63) is 29.8 Å². The Labute approximate surface area is 107 Å². The van der Waals surface area contributed by atoms with Crippen LogP contribution >= 0.6 is 0 Å². The molecular formula is C14H19N3O. The van der Waals surface area contributed by atoms with Crippen molar-refractivity contribution >= 4 is 11.6 Å². The van der Waals surface area contributed by atoms with Gasteiger partial charge in [0.1, 0.15) is 0 Å². The van der Waals surface area contributed by atoms with Crippen LogP contribution in [0.25, 0.3) is 0 Å². The first-order valence-corrected chi connectivity index (χ1v) is 6.50. The molecule has 2 saturated heterocycles. The minimum atomic E-state index is -0.218. The van der Waals surface area contributed by atoms with Gasteiger partial charge in [-0.05, 0) is 25.0 Å². The Hall–Kier alpha value is -1.55. The maximum Gasteiger partial charge on any atom is 0.231 e. The number of hydrogen-bond donors (Lipinski definition) is 1. The molecule has 1 aromatic rings. The summed E-state index contributed by atoms with van der Waals surface area (Å²) in [6.45, 7) is 4.54. The molecule has 2 bridgehead atoms. The summed E-state index contributed by atoms with van der Waals surface area (Å²) in [7, 11) is 0. The highest BCUT2D eigenvalue weighted by Gasteiger charge is 2.43. The van der Waals surface area contributed by atoms with Gasteiger partial charge in [-0.2, -0.15) is 0 Å². The summed E-state index contributed by atoms with van der Waals surface area (Å²) >= 11 is 0. The van der Waals surface area contributed by atoms with Crippen molar-refractivity contribution in [1.82, 2.24) is 4.90 Å². The third-order valence-corrected chi connectivity index (χ3v) is 4.14. The summed E-state index contributed by atoms with van der Waals surface area (Å²) < 4.78 is 0. The zero-order valence-electron chi connectivity index (χ0n) is 10.7. The van der Waals surface area contributed by atoms with Crippen molar-refractivity contribution in [3.8, 4) is 0 Å². The van der Waals surface area contributed by atoms with Crippen LogP contribution in [0.2, 0.25) is 0 Å². The van der Waals surface area contributed by atoms with Crippen LogP contribution in [0.4, 0.5) is 5.69 Å². The smallest absolute Gasteiger partial charge is 0.231 e. The van der Waals surface area contributed by atoms with Crippen molar-refractivity contribution < 1.29 is 4.79 Å². The van der Waals surface area contributed by atoms with Crippen LogP contribution in [0.15, 0.2) is 24.3 Å². The Kier molecular flexibility index (Phi) is 2.74. The number of nitrogens with two attached hydrogens (primary N) is 1. The van der Waals surface area contributed by atoms with Gasteiger partial charge >= 0.3 is 0 Å². The van der Waals surface area contributed by atoms with Crippen molar-refractivity contribution in [2.24, 2.45) is 5.73 Å². The molecule has 0 aliphatic carbocycles. The average molecular weight is 245 g/mol. The van der Waals surface area contributed by atoms with E-state index in [0.717, 1.165) is 19.5 Å². The summed E-state index contributed by atoms with van der Waals surface area (Å²) in [5.74, 6) is -0.218. The van der Waals surface area contributed by atoms with Crippen LogP contribution in [0.3, 0.4) is 0 Å². The van der Waals surface area contributed by atoms with Gasteiger partial charge in [-0.25, -0.2) is 0 Å². The lowest BCUT2D eigenvalue weighted by molar-refractivity contribution is -0.119. The molecule has 2 N–H and O–H groups in total. The number of hydrogen-bond acceptors (Lipinski definition) is 3. The molecule has 0 radical (unpaired) electrons. The van der Waals surface area contributed by atoms with E-state index in [2.05, 4.69) is 41.0 Å². The number of aryl methyl sites for hydroxylation is 1. The van der Waals surface area contributed by atoms with Gasteiger partial charge in [0, 0.05) is 30.9 Å². The highest BCUT2D eigenvalue weighted by molar-refractivity contribution is 5.76. The second-order valence-electron chi connectivity index (χ2n) is 5.38. The van der Waals surface area contributed by atoms with Crippen molar-refractivity contribution in [2.75, 3.05) is 24.5 Å². The number of benzene rings is 1. The zero-order chi connectivity index (χ0) is 12.7. The molecule has 0 saturated carbocycles. The van der Waals surface area contributed by atoms with E-state index < -0.39 is 0 Å². The minimum Gasteiger partial charge on any atom is -0.369 e. The Morgan fingerprint density at radius 1 is 1.33 bits per heavy atom. The van der Waals surface area contributed by atoms with Gasteiger partial charge < -0.3 is 10.6 Å². The quantitative estimate of drug-likeness (QED) is 0.854. The van der Waals surface area contributed by atoms with Gasteiger partial charge in [-0.1, -0.05) is 18.2 Å². The number of nitrogens with zero attached hydrogens (tertiary/aromatic N) is 2. The van der Waals surface area contributed by atoms with E-state index in [1.165, 1.54) is 11.3 Å². The fourth-order valence-corrected chi connectivity index (χ4v) is 3.32. The molecular weight excluding hydrogens is 226 g/mol. The Bertz CT molecular complexity index is 474. The molecule has 4 nitrogen and oxygen atoms in total. The molecule has 1 aromatic carbocycles. The van der Waals surface area contributed by atoms with Gasteiger partial charge in [-0.15, -0.1) is 0 Å². The van der Waals surface area contributed by atoms with E-state index in [1.54, 1.807) is 0 Å². The number of anilines is 1. The molecule has 1 amide bonds. The van der Waals surface area contributed by atoms with E-state index in [4.69, 9.17) is 5.73 Å². The molecule has 2 unspecified atom stereocenters. The molecule has 2 aliphatic heterocycles. The van der Waals surface area contributed by atoms with E-state index >= 15 is 0 Å². The monoisotopic (exact) mass is 245 g/mol. The molecule has 0 aromatic heterocycles. The standard InChI is InChI=1S/C14H19N3O/c1-10-4-2-3-5-13(10)17-8-11-6-12(17)7-16(11)9-14(15)18/h2-5,11-12H,6-9H2,1H3,(H2,15,18). The van der Waals surface area contributed by atoms with Crippen LogP contribution in [-0.4, -0.2) is 42.5 Å². The van der Waals surface area contributed by atoms with E-state index in [1.807, 2.05) is 0 Å². The van der Waals surface area contributed by atoms with Crippen LogP contribution < -0.4 is 10.6 Å². The lowest BCUT2D eigenvalue weighted by atomic mass is 10.1. The molecule has 96 valence electrons.